The summed E-state index contributed by atoms with van der Waals surface area (Å²) in [5.74, 6) is 2.02. The van der Waals surface area contributed by atoms with Crippen LogP contribution in [0.2, 0.25) is 0 Å². The lowest BCUT2D eigenvalue weighted by Crippen LogP contribution is -2.14. The molecule has 2 heterocycles. The lowest BCUT2D eigenvalue weighted by molar-refractivity contribution is -0.113. The number of hydrogen-bond donors (Lipinski definition) is 1. The first-order valence-electron chi connectivity index (χ1n) is 6.75. The number of carbonyl (C=O) groups excluding carboxylic acids is 1. The molecule has 0 saturated heterocycles. The molecule has 0 fully saturated rings. The van der Waals surface area contributed by atoms with Crippen molar-refractivity contribution < 1.29 is 9.53 Å². The van der Waals surface area contributed by atoms with E-state index >= 15 is 0 Å². The van der Waals surface area contributed by atoms with Crippen molar-refractivity contribution in [1.29, 1.82) is 0 Å². The third kappa shape index (κ3) is 3.36. The highest BCUT2D eigenvalue weighted by Gasteiger charge is 2.16. The number of aryl methyl sites for hydroxylation is 2. The number of nitrogens with one attached hydrogen (secondary N) is 1. The third-order valence-corrected chi connectivity index (χ3v) is 4.04. The van der Waals surface area contributed by atoms with Gasteiger partial charge in [-0.15, -0.1) is 5.10 Å². The zero-order valence-electron chi connectivity index (χ0n) is 11.7. The normalized spacial score (nSPS) is 13.0. The van der Waals surface area contributed by atoms with E-state index in [1.54, 1.807) is 7.11 Å². The molecule has 110 valence electrons. The van der Waals surface area contributed by atoms with Gasteiger partial charge < -0.3 is 10.1 Å². The maximum Gasteiger partial charge on any atom is 0.234 e. The van der Waals surface area contributed by atoms with Crippen molar-refractivity contribution in [3.8, 4) is 5.75 Å². The van der Waals surface area contributed by atoms with Gasteiger partial charge in [0.1, 0.15) is 11.6 Å². The van der Waals surface area contributed by atoms with E-state index in [4.69, 9.17) is 4.74 Å². The van der Waals surface area contributed by atoms with Crippen LogP contribution in [0.3, 0.4) is 0 Å². The Morgan fingerprint density at radius 1 is 1.43 bits per heavy atom. The van der Waals surface area contributed by atoms with Gasteiger partial charge in [-0.05, 0) is 30.7 Å². The Morgan fingerprint density at radius 3 is 2.95 bits per heavy atom. The fraction of sp³-hybridized carbons (Fsp3) is 0.357. The molecule has 0 aliphatic carbocycles. The van der Waals surface area contributed by atoms with Crippen LogP contribution in [0.5, 0.6) is 5.75 Å². The van der Waals surface area contributed by atoms with E-state index in [1.165, 1.54) is 11.8 Å². The van der Waals surface area contributed by atoms with E-state index < -0.39 is 0 Å². The Morgan fingerprint density at radius 2 is 2.24 bits per heavy atom. The van der Waals surface area contributed by atoms with Gasteiger partial charge in [0, 0.05) is 18.7 Å². The summed E-state index contributed by atoms with van der Waals surface area (Å²) in [6.45, 7) is 0.931. The Bertz CT molecular complexity index is 617. The number of nitrogens with zero attached hydrogens (tertiary/aromatic N) is 3. The van der Waals surface area contributed by atoms with Gasteiger partial charge in [-0.2, -0.15) is 0 Å². The number of thioether (sulfide) groups is 1. The summed E-state index contributed by atoms with van der Waals surface area (Å²) < 4.78 is 6.99. The predicted octanol–water partition coefficient (Wildman–Crippen LogP) is 1.96. The number of aromatic nitrogens is 3. The monoisotopic (exact) mass is 304 g/mol. The van der Waals surface area contributed by atoms with Crippen LogP contribution in [0.1, 0.15) is 12.2 Å². The number of rotatable bonds is 5. The summed E-state index contributed by atoms with van der Waals surface area (Å²) in [7, 11) is 1.61. The van der Waals surface area contributed by atoms with E-state index in [2.05, 4.69) is 15.4 Å². The number of benzene rings is 1. The molecule has 0 unspecified atom stereocenters. The minimum Gasteiger partial charge on any atom is -0.497 e. The minimum absolute atomic E-state index is 0.0693. The van der Waals surface area contributed by atoms with Crippen LogP contribution in [-0.4, -0.2) is 33.5 Å². The van der Waals surface area contributed by atoms with Gasteiger partial charge in [0.05, 0.1) is 12.9 Å². The zero-order valence-corrected chi connectivity index (χ0v) is 12.5. The van der Waals surface area contributed by atoms with Crippen LogP contribution in [0.25, 0.3) is 0 Å². The first-order chi connectivity index (χ1) is 10.2. The molecule has 0 atom stereocenters. The number of amides is 1. The van der Waals surface area contributed by atoms with Crippen LogP contribution < -0.4 is 10.1 Å². The fourth-order valence-corrected chi connectivity index (χ4v) is 2.82. The summed E-state index contributed by atoms with van der Waals surface area (Å²) in [4.78, 5) is 16.3. The van der Waals surface area contributed by atoms with Crippen molar-refractivity contribution in [2.24, 2.45) is 0 Å². The number of methoxy groups -OCH3 is 1. The van der Waals surface area contributed by atoms with Crippen molar-refractivity contribution in [2.75, 3.05) is 18.2 Å². The highest BCUT2D eigenvalue weighted by Crippen LogP contribution is 2.19. The molecule has 6 nitrogen and oxygen atoms in total. The number of hydrogen-bond acceptors (Lipinski definition) is 5. The molecule has 1 aromatic heterocycles. The number of fused-ring (bicyclic) bond motifs is 1. The number of anilines is 1. The van der Waals surface area contributed by atoms with Crippen molar-refractivity contribution in [3.05, 3.63) is 30.1 Å². The van der Waals surface area contributed by atoms with Gasteiger partial charge in [0.2, 0.25) is 11.1 Å². The van der Waals surface area contributed by atoms with E-state index in [-0.39, 0.29) is 5.91 Å². The predicted molar refractivity (Wildman–Crippen MR) is 80.7 cm³/mol. The standard InChI is InChI=1S/C14H16N4O2S/c1-20-11-6-4-10(5-7-11)15-13(19)9-21-14-16-12-3-2-8-18(12)17-14/h4-7H,2-3,8-9H2,1H3,(H,15,19). The molecule has 1 aliphatic rings. The second-order valence-electron chi connectivity index (χ2n) is 4.70. The van der Waals surface area contributed by atoms with E-state index in [0.717, 1.165) is 36.6 Å². The van der Waals surface area contributed by atoms with Crippen molar-refractivity contribution in [3.63, 3.8) is 0 Å². The Balaban J connectivity index is 1.51. The third-order valence-electron chi connectivity index (χ3n) is 3.21. The van der Waals surface area contributed by atoms with Gasteiger partial charge in [0.15, 0.2) is 0 Å². The van der Waals surface area contributed by atoms with Crippen molar-refractivity contribution in [2.45, 2.75) is 24.5 Å². The Labute approximate surface area is 126 Å². The molecule has 0 bridgehead atoms. The van der Waals surface area contributed by atoms with Gasteiger partial charge in [0.25, 0.3) is 0 Å². The molecule has 1 N–H and O–H groups in total. The average molecular weight is 304 g/mol. The maximum absolute atomic E-state index is 11.9. The maximum atomic E-state index is 11.9. The van der Waals surface area contributed by atoms with Crippen LogP contribution in [0.15, 0.2) is 29.4 Å². The lowest BCUT2D eigenvalue weighted by Gasteiger charge is -2.05. The molecule has 0 spiro atoms. The SMILES string of the molecule is COc1ccc(NC(=O)CSc2nc3n(n2)CCC3)cc1. The smallest absolute Gasteiger partial charge is 0.234 e. The minimum atomic E-state index is -0.0693. The van der Waals surface area contributed by atoms with Crippen LogP contribution >= 0.6 is 11.8 Å². The average Bonchev–Trinajstić information content (AvgIpc) is 3.07. The molecule has 0 saturated carbocycles. The summed E-state index contributed by atoms with van der Waals surface area (Å²) in [6, 6.07) is 7.24. The molecule has 1 amide bonds. The number of ether oxygens (including phenoxy) is 1. The molecule has 1 aromatic carbocycles. The largest absolute Gasteiger partial charge is 0.497 e. The Hall–Kier alpha value is -2.02. The summed E-state index contributed by atoms with van der Waals surface area (Å²) in [5.41, 5.74) is 0.752. The van der Waals surface area contributed by atoms with Crippen molar-refractivity contribution >= 4 is 23.4 Å². The topological polar surface area (TPSA) is 69.0 Å². The number of carbonyl (C=O) groups is 1. The van der Waals surface area contributed by atoms with E-state index in [0.29, 0.717) is 10.9 Å². The molecule has 21 heavy (non-hydrogen) atoms. The molecule has 1 aliphatic heterocycles. The summed E-state index contributed by atoms with van der Waals surface area (Å²) in [6.07, 6.45) is 2.09. The van der Waals surface area contributed by atoms with Crippen LogP contribution in [-0.2, 0) is 17.8 Å². The highest BCUT2D eigenvalue weighted by molar-refractivity contribution is 7.99. The summed E-state index contributed by atoms with van der Waals surface area (Å²) >= 11 is 1.36. The molecule has 0 radical (unpaired) electrons. The van der Waals surface area contributed by atoms with E-state index in [1.807, 2.05) is 28.9 Å². The first kappa shape index (κ1) is 13.9. The summed E-state index contributed by atoms with van der Waals surface area (Å²) in [5, 5.41) is 7.88. The van der Waals surface area contributed by atoms with Gasteiger partial charge in [-0.3, -0.25) is 4.79 Å². The zero-order chi connectivity index (χ0) is 14.7. The molecule has 2 aromatic rings. The second-order valence-corrected chi connectivity index (χ2v) is 5.65. The van der Waals surface area contributed by atoms with Crippen LogP contribution in [0.4, 0.5) is 5.69 Å². The molecular formula is C14H16N4O2S. The fourth-order valence-electron chi connectivity index (χ4n) is 2.17. The van der Waals surface area contributed by atoms with Crippen molar-refractivity contribution in [1.82, 2.24) is 14.8 Å². The second kappa shape index (κ2) is 6.17. The quantitative estimate of drug-likeness (QED) is 0.855. The van der Waals surface area contributed by atoms with Crippen LogP contribution in [0, 0.1) is 0 Å². The van der Waals surface area contributed by atoms with Gasteiger partial charge in [-0.25, -0.2) is 9.67 Å². The molecule has 3 rings (SSSR count). The van der Waals surface area contributed by atoms with Gasteiger partial charge >= 0.3 is 0 Å². The van der Waals surface area contributed by atoms with E-state index in [9.17, 15) is 4.79 Å². The van der Waals surface area contributed by atoms with Gasteiger partial charge in [-0.1, -0.05) is 11.8 Å². The lowest BCUT2D eigenvalue weighted by atomic mass is 10.3. The first-order valence-corrected chi connectivity index (χ1v) is 7.73. The highest BCUT2D eigenvalue weighted by atomic mass is 32.2. The molecular weight excluding hydrogens is 288 g/mol. The molecule has 7 heteroatoms. The Kier molecular flexibility index (Phi) is 4.10.